The van der Waals surface area contributed by atoms with E-state index in [0.29, 0.717) is 24.7 Å². The van der Waals surface area contributed by atoms with E-state index in [-0.39, 0.29) is 23.7 Å². The summed E-state index contributed by atoms with van der Waals surface area (Å²) in [5.41, 5.74) is 0.849. The van der Waals surface area contributed by atoms with Gasteiger partial charge in [0.05, 0.1) is 33.5 Å². The van der Waals surface area contributed by atoms with Crippen molar-refractivity contribution in [3.8, 4) is 17.2 Å². The SMILES string of the molecule is COc1cc(C2OCC3C(O)OCC23)cc(OC)c1O. The lowest BCUT2D eigenvalue weighted by Crippen LogP contribution is -2.19. The minimum atomic E-state index is -0.758. The minimum Gasteiger partial charge on any atom is -0.502 e. The molecule has 4 unspecified atom stereocenters. The second-order valence-electron chi connectivity index (χ2n) is 5.08. The van der Waals surface area contributed by atoms with Gasteiger partial charge in [-0.25, -0.2) is 0 Å². The Hall–Kier alpha value is -1.50. The van der Waals surface area contributed by atoms with Gasteiger partial charge in [-0.15, -0.1) is 0 Å². The first kappa shape index (κ1) is 13.5. The summed E-state index contributed by atoms with van der Waals surface area (Å²) in [5.74, 6) is 0.738. The first-order valence-corrected chi connectivity index (χ1v) is 6.52. The fourth-order valence-electron chi connectivity index (χ4n) is 2.95. The normalized spacial score (nSPS) is 32.1. The maximum absolute atomic E-state index is 9.93. The Morgan fingerprint density at radius 3 is 2.25 bits per heavy atom. The molecule has 6 heteroatoms. The Bertz CT molecular complexity index is 477. The van der Waals surface area contributed by atoms with Crippen LogP contribution in [-0.2, 0) is 9.47 Å². The zero-order chi connectivity index (χ0) is 14.3. The van der Waals surface area contributed by atoms with Crippen LogP contribution in [0.15, 0.2) is 12.1 Å². The number of aromatic hydroxyl groups is 1. The Labute approximate surface area is 116 Å². The Morgan fingerprint density at radius 1 is 1.05 bits per heavy atom. The van der Waals surface area contributed by atoms with E-state index in [0.717, 1.165) is 5.56 Å². The monoisotopic (exact) mass is 282 g/mol. The largest absolute Gasteiger partial charge is 0.502 e. The third-order valence-electron chi connectivity index (χ3n) is 4.06. The van der Waals surface area contributed by atoms with Crippen LogP contribution in [0.4, 0.5) is 0 Å². The van der Waals surface area contributed by atoms with Crippen LogP contribution in [-0.4, -0.2) is 43.9 Å². The summed E-state index contributed by atoms with van der Waals surface area (Å²) >= 11 is 0. The molecule has 2 N–H and O–H groups in total. The molecule has 2 heterocycles. The van der Waals surface area contributed by atoms with Gasteiger partial charge in [0.2, 0.25) is 5.75 Å². The van der Waals surface area contributed by atoms with Crippen molar-refractivity contribution >= 4 is 0 Å². The molecule has 4 atom stereocenters. The highest BCUT2D eigenvalue weighted by molar-refractivity contribution is 5.53. The van der Waals surface area contributed by atoms with Crippen LogP contribution in [0.5, 0.6) is 17.2 Å². The van der Waals surface area contributed by atoms with E-state index in [1.54, 1.807) is 12.1 Å². The molecule has 2 aliphatic heterocycles. The van der Waals surface area contributed by atoms with Crippen molar-refractivity contribution in [3.05, 3.63) is 17.7 Å². The van der Waals surface area contributed by atoms with Gasteiger partial charge in [0.1, 0.15) is 0 Å². The molecule has 0 aliphatic carbocycles. The van der Waals surface area contributed by atoms with E-state index < -0.39 is 6.29 Å². The Balaban J connectivity index is 1.94. The molecule has 2 aliphatic rings. The van der Waals surface area contributed by atoms with Crippen LogP contribution in [0.3, 0.4) is 0 Å². The number of ether oxygens (including phenoxy) is 4. The molecule has 0 aromatic heterocycles. The lowest BCUT2D eigenvalue weighted by atomic mass is 9.89. The van der Waals surface area contributed by atoms with Crippen LogP contribution in [0.25, 0.3) is 0 Å². The number of hydrogen-bond donors (Lipinski definition) is 2. The van der Waals surface area contributed by atoms with Gasteiger partial charge in [0, 0.05) is 11.8 Å². The van der Waals surface area contributed by atoms with E-state index in [4.69, 9.17) is 18.9 Å². The van der Waals surface area contributed by atoms with Crippen molar-refractivity contribution in [2.24, 2.45) is 11.8 Å². The number of hydrogen-bond acceptors (Lipinski definition) is 6. The summed E-state index contributed by atoms with van der Waals surface area (Å²) < 4.78 is 21.4. The van der Waals surface area contributed by atoms with E-state index in [1.165, 1.54) is 14.2 Å². The lowest BCUT2D eigenvalue weighted by Gasteiger charge is -2.19. The Kier molecular flexibility index (Phi) is 3.45. The van der Waals surface area contributed by atoms with Gasteiger partial charge in [0.15, 0.2) is 17.8 Å². The summed E-state index contributed by atoms with van der Waals surface area (Å²) in [7, 11) is 2.97. The van der Waals surface area contributed by atoms with Crippen LogP contribution >= 0.6 is 0 Å². The number of phenols is 1. The van der Waals surface area contributed by atoms with Gasteiger partial charge < -0.3 is 29.2 Å². The van der Waals surface area contributed by atoms with Crippen LogP contribution in [0.1, 0.15) is 11.7 Å². The van der Waals surface area contributed by atoms with E-state index in [1.807, 2.05) is 0 Å². The molecule has 0 bridgehead atoms. The third-order valence-corrected chi connectivity index (χ3v) is 4.06. The number of rotatable bonds is 3. The maximum Gasteiger partial charge on any atom is 0.200 e. The number of fused-ring (bicyclic) bond motifs is 1. The summed E-state index contributed by atoms with van der Waals surface area (Å²) in [5, 5.41) is 19.6. The first-order valence-electron chi connectivity index (χ1n) is 6.52. The molecule has 6 nitrogen and oxygen atoms in total. The van der Waals surface area contributed by atoms with E-state index in [2.05, 4.69) is 0 Å². The molecule has 1 aromatic carbocycles. The average Bonchev–Trinajstić information content (AvgIpc) is 3.03. The first-order chi connectivity index (χ1) is 9.65. The van der Waals surface area contributed by atoms with Crippen molar-refractivity contribution in [3.63, 3.8) is 0 Å². The predicted molar refractivity (Wildman–Crippen MR) is 68.8 cm³/mol. The highest BCUT2D eigenvalue weighted by Gasteiger charge is 2.47. The Morgan fingerprint density at radius 2 is 1.65 bits per heavy atom. The molecule has 0 radical (unpaired) electrons. The van der Waals surface area contributed by atoms with Gasteiger partial charge in [-0.1, -0.05) is 0 Å². The second kappa shape index (κ2) is 5.12. The molecule has 3 rings (SSSR count). The van der Waals surface area contributed by atoms with Gasteiger partial charge in [-0.2, -0.15) is 0 Å². The minimum absolute atomic E-state index is 0.00853. The number of aliphatic hydroxyl groups is 1. The summed E-state index contributed by atoms with van der Waals surface area (Å²) in [6.07, 6.45) is -0.952. The third kappa shape index (κ3) is 2.00. The van der Waals surface area contributed by atoms with Gasteiger partial charge in [0.25, 0.3) is 0 Å². The molecule has 110 valence electrons. The number of phenolic OH excluding ortho intramolecular Hbond substituents is 1. The summed E-state index contributed by atoms with van der Waals surface area (Å²) in [4.78, 5) is 0. The molecular formula is C14H18O6. The fourth-order valence-corrected chi connectivity index (χ4v) is 2.95. The molecule has 1 aromatic rings. The van der Waals surface area contributed by atoms with Gasteiger partial charge >= 0.3 is 0 Å². The van der Waals surface area contributed by atoms with E-state index >= 15 is 0 Å². The highest BCUT2D eigenvalue weighted by Crippen LogP contribution is 2.47. The molecule has 0 spiro atoms. The number of benzene rings is 1. The van der Waals surface area contributed by atoms with Crippen molar-refractivity contribution < 1.29 is 29.2 Å². The lowest BCUT2D eigenvalue weighted by molar-refractivity contribution is -0.0961. The molecule has 20 heavy (non-hydrogen) atoms. The summed E-state index contributed by atoms with van der Waals surface area (Å²) in [6, 6.07) is 3.46. The highest BCUT2D eigenvalue weighted by atomic mass is 16.6. The molecular weight excluding hydrogens is 264 g/mol. The zero-order valence-electron chi connectivity index (χ0n) is 11.4. The molecule has 0 amide bonds. The smallest absolute Gasteiger partial charge is 0.200 e. The zero-order valence-corrected chi connectivity index (χ0v) is 11.4. The van der Waals surface area contributed by atoms with Crippen LogP contribution < -0.4 is 9.47 Å². The maximum atomic E-state index is 9.93. The van der Waals surface area contributed by atoms with Crippen molar-refractivity contribution in [1.82, 2.24) is 0 Å². The molecule has 2 fully saturated rings. The van der Waals surface area contributed by atoms with Crippen LogP contribution in [0.2, 0.25) is 0 Å². The van der Waals surface area contributed by atoms with Crippen molar-refractivity contribution in [2.45, 2.75) is 12.4 Å². The number of methoxy groups -OCH3 is 2. The van der Waals surface area contributed by atoms with Gasteiger partial charge in [-0.05, 0) is 17.7 Å². The quantitative estimate of drug-likeness (QED) is 0.863. The van der Waals surface area contributed by atoms with Gasteiger partial charge in [-0.3, -0.25) is 0 Å². The van der Waals surface area contributed by atoms with Crippen molar-refractivity contribution in [2.75, 3.05) is 27.4 Å². The number of aliphatic hydroxyl groups excluding tert-OH is 1. The molecule has 2 saturated heterocycles. The second-order valence-corrected chi connectivity index (χ2v) is 5.08. The predicted octanol–water partition coefficient (Wildman–Crippen LogP) is 1.06. The van der Waals surface area contributed by atoms with Crippen LogP contribution in [0, 0.1) is 11.8 Å². The van der Waals surface area contributed by atoms with Crippen molar-refractivity contribution in [1.29, 1.82) is 0 Å². The average molecular weight is 282 g/mol. The standard InChI is InChI=1S/C14H18O6/c1-17-10-3-7(4-11(18-2)12(10)15)13-8-5-20-14(16)9(8)6-19-13/h3-4,8-9,13-16H,5-6H2,1-2H3. The fraction of sp³-hybridized carbons (Fsp3) is 0.571. The topological polar surface area (TPSA) is 77.4 Å². The summed E-state index contributed by atoms with van der Waals surface area (Å²) in [6.45, 7) is 0.921. The molecule has 0 saturated carbocycles. The van der Waals surface area contributed by atoms with E-state index in [9.17, 15) is 10.2 Å².